The third-order valence-corrected chi connectivity index (χ3v) is 7.27. The molecule has 1 aliphatic carbocycles. The normalized spacial score (nSPS) is 15.2. The Morgan fingerprint density at radius 3 is 2.50 bits per heavy atom. The highest BCUT2D eigenvalue weighted by atomic mass is 19.4. The summed E-state index contributed by atoms with van der Waals surface area (Å²) in [6.45, 7) is 5.29. The van der Waals surface area contributed by atoms with Crippen LogP contribution in [0.5, 0.6) is 0 Å². The Morgan fingerprint density at radius 2 is 1.80 bits per heavy atom. The van der Waals surface area contributed by atoms with Crippen LogP contribution in [0.4, 0.5) is 18.9 Å². The fourth-order valence-corrected chi connectivity index (χ4v) is 4.95. The number of aromatic nitrogens is 2. The monoisotopic (exact) mass is 549 g/mol. The second kappa shape index (κ2) is 11.4. The molecule has 5 rings (SSSR count). The Bertz CT molecular complexity index is 1480. The minimum absolute atomic E-state index is 0.0373. The zero-order valence-electron chi connectivity index (χ0n) is 22.5. The quantitative estimate of drug-likeness (QED) is 0.178. The van der Waals surface area contributed by atoms with Crippen LogP contribution in [-0.4, -0.2) is 21.4 Å². The van der Waals surface area contributed by atoms with Gasteiger partial charge in [0, 0.05) is 12.2 Å². The van der Waals surface area contributed by atoms with Crippen molar-refractivity contribution >= 4 is 5.69 Å². The second-order valence-corrected chi connectivity index (χ2v) is 10.6. The second-order valence-electron chi connectivity index (χ2n) is 10.6. The van der Waals surface area contributed by atoms with E-state index < -0.39 is 18.1 Å². The summed E-state index contributed by atoms with van der Waals surface area (Å²) in [6.07, 6.45) is -3.68. The molecule has 9 heteroatoms. The summed E-state index contributed by atoms with van der Waals surface area (Å²) in [7, 11) is 0. The number of halogens is 3. The van der Waals surface area contributed by atoms with E-state index in [0.29, 0.717) is 17.3 Å². The molecule has 5 N–H and O–H groups in total. The van der Waals surface area contributed by atoms with E-state index in [1.807, 2.05) is 18.2 Å². The van der Waals surface area contributed by atoms with Gasteiger partial charge in [0.2, 0.25) is 0 Å². The summed E-state index contributed by atoms with van der Waals surface area (Å²) < 4.78 is 42.0. The van der Waals surface area contributed by atoms with Crippen molar-refractivity contribution in [3.63, 3.8) is 0 Å². The van der Waals surface area contributed by atoms with Gasteiger partial charge in [0.05, 0.1) is 17.4 Å². The first-order valence-electron chi connectivity index (χ1n) is 13.4. The van der Waals surface area contributed by atoms with Gasteiger partial charge >= 0.3 is 6.18 Å². The standard InChI is InChI=1S/C31H34F3N5O/c1-19-9-12-26(20(2)13-19)29(36-18-21-10-11-21)23-6-4-7-24(15-23)37-30(40)27-16-28(31(32,33)34)38-39(27)25-8-3-5-22(14-25)17-35/h3-9,12-16,21,29-30,36-37,40H,10-11,17-18,35H2,1-2H3. The zero-order chi connectivity index (χ0) is 28.4. The van der Waals surface area contributed by atoms with E-state index in [-0.39, 0.29) is 18.3 Å². The number of aliphatic hydroxyl groups is 1. The number of alkyl halides is 3. The first-order valence-corrected chi connectivity index (χ1v) is 13.4. The van der Waals surface area contributed by atoms with E-state index in [1.165, 1.54) is 24.0 Å². The number of aliphatic hydroxyl groups excluding tert-OH is 1. The van der Waals surface area contributed by atoms with Crippen molar-refractivity contribution in [2.24, 2.45) is 11.7 Å². The SMILES string of the molecule is Cc1ccc(C(NCC2CC2)c2cccc(NC(O)c3cc(C(F)(F)F)nn3-c3cccc(CN)c3)c2)c(C)c1. The average Bonchev–Trinajstić information content (AvgIpc) is 3.63. The molecule has 1 fully saturated rings. The number of aryl methyl sites for hydroxylation is 2. The summed E-state index contributed by atoms with van der Waals surface area (Å²) in [5, 5.41) is 21.6. The largest absolute Gasteiger partial charge is 0.435 e. The van der Waals surface area contributed by atoms with Crippen molar-refractivity contribution in [2.45, 2.75) is 51.7 Å². The maximum Gasteiger partial charge on any atom is 0.435 e. The summed E-state index contributed by atoms with van der Waals surface area (Å²) in [6, 6.07) is 21.6. The van der Waals surface area contributed by atoms with Crippen LogP contribution in [0.15, 0.2) is 72.8 Å². The van der Waals surface area contributed by atoms with Crippen LogP contribution in [0.1, 0.15) is 64.3 Å². The maximum absolute atomic E-state index is 13.6. The predicted molar refractivity (Wildman–Crippen MR) is 150 cm³/mol. The molecule has 0 bridgehead atoms. The minimum atomic E-state index is -4.67. The number of nitrogens with one attached hydrogen (secondary N) is 2. The van der Waals surface area contributed by atoms with Gasteiger partial charge in [0.1, 0.15) is 0 Å². The summed E-state index contributed by atoms with van der Waals surface area (Å²) in [5.74, 6) is 0.678. The third kappa shape index (κ3) is 6.38. The Labute approximate surface area is 232 Å². The van der Waals surface area contributed by atoms with Gasteiger partial charge in [0.25, 0.3) is 0 Å². The van der Waals surface area contributed by atoms with Crippen LogP contribution < -0.4 is 16.4 Å². The zero-order valence-corrected chi connectivity index (χ0v) is 22.5. The molecule has 0 radical (unpaired) electrons. The van der Waals surface area contributed by atoms with Crippen LogP contribution in [0, 0.1) is 19.8 Å². The topological polar surface area (TPSA) is 88.1 Å². The minimum Gasteiger partial charge on any atom is -0.368 e. The van der Waals surface area contributed by atoms with E-state index in [1.54, 1.807) is 30.3 Å². The molecule has 210 valence electrons. The molecule has 6 nitrogen and oxygen atoms in total. The summed E-state index contributed by atoms with van der Waals surface area (Å²) in [4.78, 5) is 0. The fraction of sp³-hybridized carbons (Fsp3) is 0.323. The first-order chi connectivity index (χ1) is 19.1. The van der Waals surface area contributed by atoms with Crippen molar-refractivity contribution in [2.75, 3.05) is 11.9 Å². The van der Waals surface area contributed by atoms with Crippen LogP contribution in [0.25, 0.3) is 5.69 Å². The molecule has 1 heterocycles. The molecule has 0 aliphatic heterocycles. The molecule has 1 aromatic heterocycles. The highest BCUT2D eigenvalue weighted by Crippen LogP contribution is 2.34. The Balaban J connectivity index is 1.46. The van der Waals surface area contributed by atoms with E-state index in [9.17, 15) is 18.3 Å². The van der Waals surface area contributed by atoms with Gasteiger partial charge < -0.3 is 21.5 Å². The number of anilines is 1. The molecule has 0 amide bonds. The van der Waals surface area contributed by atoms with Crippen molar-refractivity contribution in [3.8, 4) is 5.69 Å². The first kappa shape index (κ1) is 27.9. The van der Waals surface area contributed by atoms with Crippen molar-refractivity contribution in [3.05, 3.63) is 112 Å². The van der Waals surface area contributed by atoms with Crippen LogP contribution in [-0.2, 0) is 12.7 Å². The maximum atomic E-state index is 13.6. The molecule has 0 saturated heterocycles. The van der Waals surface area contributed by atoms with Crippen LogP contribution >= 0.6 is 0 Å². The highest BCUT2D eigenvalue weighted by molar-refractivity contribution is 5.50. The molecular formula is C31H34F3N5O. The average molecular weight is 550 g/mol. The molecule has 4 aromatic rings. The van der Waals surface area contributed by atoms with Gasteiger partial charge in [-0.15, -0.1) is 0 Å². The molecule has 3 aromatic carbocycles. The molecule has 2 unspecified atom stereocenters. The van der Waals surface area contributed by atoms with Crippen molar-refractivity contribution in [1.29, 1.82) is 0 Å². The number of hydrogen-bond acceptors (Lipinski definition) is 5. The summed E-state index contributed by atoms with van der Waals surface area (Å²) in [5.41, 5.74) is 10.8. The lowest BCUT2D eigenvalue weighted by Gasteiger charge is -2.23. The number of rotatable bonds is 10. The van der Waals surface area contributed by atoms with Crippen LogP contribution in [0.2, 0.25) is 0 Å². The number of nitrogens with zero attached hydrogens (tertiary/aromatic N) is 2. The van der Waals surface area contributed by atoms with Gasteiger partial charge in [-0.1, -0.05) is 48.0 Å². The van der Waals surface area contributed by atoms with Gasteiger partial charge in [-0.3, -0.25) is 0 Å². The van der Waals surface area contributed by atoms with E-state index >= 15 is 0 Å². The smallest absolute Gasteiger partial charge is 0.368 e. The van der Waals surface area contributed by atoms with Crippen molar-refractivity contribution in [1.82, 2.24) is 15.1 Å². The molecule has 1 saturated carbocycles. The number of nitrogens with two attached hydrogens (primary N) is 1. The lowest BCUT2D eigenvalue weighted by atomic mass is 9.93. The number of benzene rings is 3. The number of hydrogen-bond donors (Lipinski definition) is 4. The van der Waals surface area contributed by atoms with Gasteiger partial charge in [-0.2, -0.15) is 18.3 Å². The Kier molecular flexibility index (Phi) is 7.98. The lowest BCUT2D eigenvalue weighted by molar-refractivity contribution is -0.141. The van der Waals surface area contributed by atoms with Gasteiger partial charge in [0.15, 0.2) is 11.9 Å². The molecule has 2 atom stereocenters. The third-order valence-electron chi connectivity index (χ3n) is 7.27. The van der Waals surface area contributed by atoms with Gasteiger partial charge in [-0.25, -0.2) is 4.68 Å². The van der Waals surface area contributed by atoms with E-state index in [4.69, 9.17) is 5.73 Å². The lowest BCUT2D eigenvalue weighted by Crippen LogP contribution is -2.25. The summed E-state index contributed by atoms with van der Waals surface area (Å²) >= 11 is 0. The van der Waals surface area contributed by atoms with Crippen LogP contribution in [0.3, 0.4) is 0 Å². The molecule has 0 spiro atoms. The molecular weight excluding hydrogens is 515 g/mol. The van der Waals surface area contributed by atoms with Gasteiger partial charge in [-0.05, 0) is 91.7 Å². The fourth-order valence-electron chi connectivity index (χ4n) is 4.95. The Morgan fingerprint density at radius 1 is 1.02 bits per heavy atom. The predicted octanol–water partition coefficient (Wildman–Crippen LogP) is 6.16. The van der Waals surface area contributed by atoms with E-state index in [0.717, 1.165) is 34.0 Å². The van der Waals surface area contributed by atoms with Crippen molar-refractivity contribution < 1.29 is 18.3 Å². The molecule has 40 heavy (non-hydrogen) atoms. The highest BCUT2D eigenvalue weighted by Gasteiger charge is 2.36. The molecule has 1 aliphatic rings. The van der Waals surface area contributed by atoms with E-state index in [2.05, 4.69) is 47.8 Å². The Hall–Kier alpha value is -3.66.